The summed E-state index contributed by atoms with van der Waals surface area (Å²) >= 11 is 0. The minimum absolute atomic E-state index is 0.0346. The highest BCUT2D eigenvalue weighted by atomic mass is 32.2. The monoisotopic (exact) mass is 222 g/mol. The number of rotatable bonds is 6. The average molecular weight is 222 g/mol. The fraction of sp³-hybridized carbons (Fsp3) is 1.00. The van der Waals surface area contributed by atoms with Gasteiger partial charge in [-0.1, -0.05) is 27.7 Å². The Morgan fingerprint density at radius 3 is 1.86 bits per heavy atom. The lowest BCUT2D eigenvalue weighted by molar-refractivity contribution is 0.277. The van der Waals surface area contributed by atoms with E-state index in [2.05, 4.69) is 0 Å². The summed E-state index contributed by atoms with van der Waals surface area (Å²) in [4.78, 5) is 0. The zero-order valence-corrected chi connectivity index (χ0v) is 10.3. The van der Waals surface area contributed by atoms with Crippen LogP contribution in [0.15, 0.2) is 0 Å². The summed E-state index contributed by atoms with van der Waals surface area (Å²) in [6, 6.07) is 0.0346. The molecule has 5 heteroatoms. The molecular formula is C9H22N2O2S. The van der Waals surface area contributed by atoms with Crippen LogP contribution in [0.25, 0.3) is 0 Å². The van der Waals surface area contributed by atoms with Gasteiger partial charge in [0.2, 0.25) is 0 Å². The first-order valence-electron chi connectivity index (χ1n) is 5.12. The van der Waals surface area contributed by atoms with E-state index in [1.807, 2.05) is 27.7 Å². The van der Waals surface area contributed by atoms with Crippen LogP contribution in [0.2, 0.25) is 0 Å². The number of hydrogen-bond donors (Lipinski definition) is 1. The lowest BCUT2D eigenvalue weighted by Gasteiger charge is -2.28. The molecule has 14 heavy (non-hydrogen) atoms. The Hall–Kier alpha value is -0.130. The molecular weight excluding hydrogens is 200 g/mol. The smallest absolute Gasteiger partial charge is 0.216 e. The third-order valence-electron chi connectivity index (χ3n) is 2.22. The van der Waals surface area contributed by atoms with E-state index in [4.69, 9.17) is 5.14 Å². The molecule has 0 atom stereocenters. The second-order valence-corrected chi connectivity index (χ2v) is 5.48. The molecule has 86 valence electrons. The van der Waals surface area contributed by atoms with Crippen molar-refractivity contribution in [1.29, 1.82) is 0 Å². The van der Waals surface area contributed by atoms with Gasteiger partial charge in [0.15, 0.2) is 0 Å². The van der Waals surface area contributed by atoms with Gasteiger partial charge in [0, 0.05) is 12.6 Å². The largest absolute Gasteiger partial charge is 0.277 e. The zero-order valence-electron chi connectivity index (χ0n) is 9.53. The van der Waals surface area contributed by atoms with Crippen LogP contribution in [-0.4, -0.2) is 25.3 Å². The number of nitrogens with zero attached hydrogens (tertiary/aromatic N) is 1. The Morgan fingerprint density at radius 2 is 1.64 bits per heavy atom. The Bertz CT molecular complexity index is 246. The van der Waals surface area contributed by atoms with Crippen molar-refractivity contribution in [2.75, 3.05) is 6.54 Å². The molecule has 0 rings (SSSR count). The molecule has 0 heterocycles. The summed E-state index contributed by atoms with van der Waals surface area (Å²) in [5.74, 6) is 0.300. The molecule has 0 aromatic rings. The molecule has 0 aliphatic heterocycles. The first kappa shape index (κ1) is 13.9. The zero-order chi connectivity index (χ0) is 11.4. The average Bonchev–Trinajstić information content (AvgIpc) is 2.02. The molecule has 0 bridgehead atoms. The van der Waals surface area contributed by atoms with Gasteiger partial charge in [0.05, 0.1) is 0 Å². The lowest BCUT2D eigenvalue weighted by atomic mass is 10.1. The van der Waals surface area contributed by atoms with E-state index in [0.717, 1.165) is 12.8 Å². The van der Waals surface area contributed by atoms with Crippen molar-refractivity contribution < 1.29 is 8.42 Å². The van der Waals surface area contributed by atoms with Gasteiger partial charge in [0.1, 0.15) is 0 Å². The predicted octanol–water partition coefficient (Wildman–Crippen LogP) is 1.34. The third-order valence-corrected chi connectivity index (χ3v) is 3.32. The maximum Gasteiger partial charge on any atom is 0.277 e. The topological polar surface area (TPSA) is 63.4 Å². The highest BCUT2D eigenvalue weighted by molar-refractivity contribution is 7.86. The van der Waals surface area contributed by atoms with Crippen LogP contribution in [0.5, 0.6) is 0 Å². The summed E-state index contributed by atoms with van der Waals surface area (Å²) in [6.07, 6.45) is 1.61. The molecule has 0 radical (unpaired) electrons. The van der Waals surface area contributed by atoms with E-state index in [1.54, 1.807) is 0 Å². The SMILES string of the molecule is CCC(CC)N(CC(C)C)S(N)(=O)=O. The van der Waals surface area contributed by atoms with Gasteiger partial charge in [0.25, 0.3) is 10.2 Å². The van der Waals surface area contributed by atoms with Crippen LogP contribution in [0, 0.1) is 5.92 Å². The summed E-state index contributed by atoms with van der Waals surface area (Å²) in [5, 5.41) is 5.18. The Morgan fingerprint density at radius 1 is 1.21 bits per heavy atom. The number of hydrogen-bond acceptors (Lipinski definition) is 2. The van der Waals surface area contributed by atoms with E-state index in [-0.39, 0.29) is 6.04 Å². The summed E-state index contributed by atoms with van der Waals surface area (Å²) < 4.78 is 24.1. The van der Waals surface area contributed by atoms with Crippen molar-refractivity contribution in [3.05, 3.63) is 0 Å². The van der Waals surface area contributed by atoms with Gasteiger partial charge >= 0.3 is 0 Å². The Kier molecular flexibility index (Phi) is 5.63. The Balaban J connectivity index is 4.71. The van der Waals surface area contributed by atoms with Crippen LogP contribution in [-0.2, 0) is 10.2 Å². The van der Waals surface area contributed by atoms with Crippen molar-refractivity contribution in [1.82, 2.24) is 4.31 Å². The maximum absolute atomic E-state index is 11.3. The van der Waals surface area contributed by atoms with Crippen molar-refractivity contribution >= 4 is 10.2 Å². The molecule has 0 saturated carbocycles. The van der Waals surface area contributed by atoms with Gasteiger partial charge in [-0.05, 0) is 18.8 Å². The van der Waals surface area contributed by atoms with E-state index >= 15 is 0 Å². The molecule has 0 amide bonds. The van der Waals surface area contributed by atoms with Crippen LogP contribution in [0.3, 0.4) is 0 Å². The molecule has 0 aliphatic carbocycles. The second kappa shape index (κ2) is 5.68. The number of nitrogens with two attached hydrogens (primary N) is 1. The molecule has 0 spiro atoms. The van der Waals surface area contributed by atoms with Gasteiger partial charge in [-0.2, -0.15) is 12.7 Å². The lowest BCUT2D eigenvalue weighted by Crippen LogP contribution is -2.45. The molecule has 0 aliphatic rings. The van der Waals surface area contributed by atoms with Crippen molar-refractivity contribution in [2.45, 2.75) is 46.6 Å². The molecule has 0 fully saturated rings. The van der Waals surface area contributed by atoms with E-state index in [9.17, 15) is 8.42 Å². The highest BCUT2D eigenvalue weighted by Crippen LogP contribution is 2.13. The standard InChI is InChI=1S/C9H22N2O2S/c1-5-9(6-2)11(7-8(3)4)14(10,12)13/h8-9H,5-7H2,1-4H3,(H2,10,12,13). The van der Waals surface area contributed by atoms with E-state index < -0.39 is 10.2 Å². The van der Waals surface area contributed by atoms with Crippen LogP contribution < -0.4 is 5.14 Å². The maximum atomic E-state index is 11.3. The normalized spacial score (nSPS) is 13.1. The fourth-order valence-corrected chi connectivity index (χ4v) is 2.74. The van der Waals surface area contributed by atoms with Crippen LogP contribution in [0.1, 0.15) is 40.5 Å². The van der Waals surface area contributed by atoms with Gasteiger partial charge in [-0.3, -0.25) is 0 Å². The van der Waals surface area contributed by atoms with Crippen molar-refractivity contribution in [2.24, 2.45) is 11.1 Å². The Labute approximate surface area is 87.7 Å². The minimum Gasteiger partial charge on any atom is -0.216 e. The highest BCUT2D eigenvalue weighted by Gasteiger charge is 2.25. The molecule has 2 N–H and O–H groups in total. The summed E-state index contributed by atoms with van der Waals surface area (Å²) in [6.45, 7) is 8.44. The fourth-order valence-electron chi connectivity index (χ4n) is 1.52. The first-order chi connectivity index (χ1) is 6.32. The molecule has 0 unspecified atom stereocenters. The molecule has 0 aromatic heterocycles. The molecule has 0 saturated heterocycles. The van der Waals surface area contributed by atoms with Gasteiger partial charge in [-0.25, -0.2) is 5.14 Å². The van der Waals surface area contributed by atoms with Crippen molar-refractivity contribution in [3.63, 3.8) is 0 Å². The van der Waals surface area contributed by atoms with Gasteiger partial charge in [-0.15, -0.1) is 0 Å². The predicted molar refractivity (Wildman–Crippen MR) is 59.0 cm³/mol. The molecule has 4 nitrogen and oxygen atoms in total. The van der Waals surface area contributed by atoms with Crippen molar-refractivity contribution in [3.8, 4) is 0 Å². The van der Waals surface area contributed by atoms with Gasteiger partial charge < -0.3 is 0 Å². The summed E-state index contributed by atoms with van der Waals surface area (Å²) in [5.41, 5.74) is 0. The van der Waals surface area contributed by atoms with Crippen LogP contribution >= 0.6 is 0 Å². The quantitative estimate of drug-likeness (QED) is 0.737. The summed E-state index contributed by atoms with van der Waals surface area (Å²) in [7, 11) is -3.55. The first-order valence-corrected chi connectivity index (χ1v) is 6.62. The minimum atomic E-state index is -3.55. The molecule has 0 aromatic carbocycles. The van der Waals surface area contributed by atoms with E-state index in [1.165, 1.54) is 4.31 Å². The van der Waals surface area contributed by atoms with Crippen LogP contribution in [0.4, 0.5) is 0 Å². The third kappa shape index (κ3) is 4.39. The second-order valence-electron chi connectivity index (χ2n) is 3.98. The van der Waals surface area contributed by atoms with E-state index in [0.29, 0.717) is 12.5 Å².